The third-order valence-corrected chi connectivity index (χ3v) is 2.74. The molecule has 1 amide bonds. The first-order valence-electron chi connectivity index (χ1n) is 5.89. The van der Waals surface area contributed by atoms with Crippen molar-refractivity contribution in [2.24, 2.45) is 5.73 Å². The van der Waals surface area contributed by atoms with Gasteiger partial charge in [0, 0.05) is 19.6 Å². The highest BCUT2D eigenvalue weighted by molar-refractivity contribution is 5.75. The second-order valence-corrected chi connectivity index (χ2v) is 4.47. The summed E-state index contributed by atoms with van der Waals surface area (Å²) >= 11 is 0. The van der Waals surface area contributed by atoms with Crippen LogP contribution < -0.4 is 5.73 Å². The minimum atomic E-state index is -0.361. The van der Waals surface area contributed by atoms with Gasteiger partial charge in [-0.25, -0.2) is 0 Å². The molecule has 1 saturated heterocycles. The van der Waals surface area contributed by atoms with Crippen LogP contribution in [-0.2, 0) is 19.1 Å². The lowest BCUT2D eigenvalue weighted by atomic mass is 10.2. The number of morpholine rings is 1. The molecule has 1 fully saturated rings. The van der Waals surface area contributed by atoms with Crippen LogP contribution in [0, 0.1) is 0 Å². The number of nitrogens with two attached hydrogens (primary N) is 1. The molecule has 2 N–H and O–H groups in total. The fourth-order valence-electron chi connectivity index (χ4n) is 1.96. The molecule has 1 atom stereocenters. The Labute approximate surface area is 107 Å². The maximum absolute atomic E-state index is 11.2. The molecule has 0 saturated carbocycles. The number of rotatable bonds is 6. The highest BCUT2D eigenvalue weighted by Crippen LogP contribution is 2.06. The Balaban J connectivity index is 2.34. The van der Waals surface area contributed by atoms with Crippen LogP contribution in [0.2, 0.25) is 0 Å². The summed E-state index contributed by atoms with van der Waals surface area (Å²) in [4.78, 5) is 25.7. The lowest BCUT2D eigenvalue weighted by molar-refractivity contribution is -0.144. The summed E-state index contributed by atoms with van der Waals surface area (Å²) in [6.45, 7) is 3.03. The van der Waals surface area contributed by atoms with Gasteiger partial charge < -0.3 is 15.2 Å². The molecule has 18 heavy (non-hydrogen) atoms. The molecular formula is C11H21N3O4. The Morgan fingerprint density at radius 2 is 2.28 bits per heavy atom. The Morgan fingerprint density at radius 3 is 2.89 bits per heavy atom. The highest BCUT2D eigenvalue weighted by atomic mass is 16.5. The predicted octanol–water partition coefficient (Wildman–Crippen LogP) is -1.72. The Bertz CT molecular complexity index is 298. The number of nitrogens with zero attached hydrogens (tertiary/aromatic N) is 2. The minimum absolute atomic E-state index is 0.0206. The van der Waals surface area contributed by atoms with Gasteiger partial charge in [0.1, 0.15) is 0 Å². The van der Waals surface area contributed by atoms with Crippen molar-refractivity contribution in [2.75, 3.05) is 53.5 Å². The average Bonchev–Trinajstić information content (AvgIpc) is 2.28. The molecule has 0 radical (unpaired) electrons. The molecule has 1 aliphatic heterocycles. The van der Waals surface area contributed by atoms with E-state index in [4.69, 9.17) is 10.5 Å². The summed E-state index contributed by atoms with van der Waals surface area (Å²) < 4.78 is 10.2. The van der Waals surface area contributed by atoms with Crippen molar-refractivity contribution >= 4 is 11.9 Å². The van der Waals surface area contributed by atoms with E-state index in [9.17, 15) is 9.59 Å². The van der Waals surface area contributed by atoms with Gasteiger partial charge in [0.05, 0.1) is 32.9 Å². The van der Waals surface area contributed by atoms with Crippen LogP contribution in [0.3, 0.4) is 0 Å². The highest BCUT2D eigenvalue weighted by Gasteiger charge is 2.23. The summed E-state index contributed by atoms with van der Waals surface area (Å²) in [5.41, 5.74) is 5.12. The topological polar surface area (TPSA) is 85.1 Å². The minimum Gasteiger partial charge on any atom is -0.468 e. The van der Waals surface area contributed by atoms with Crippen molar-refractivity contribution in [3.05, 3.63) is 0 Å². The van der Waals surface area contributed by atoms with Crippen molar-refractivity contribution in [1.29, 1.82) is 0 Å². The number of esters is 1. The average molecular weight is 259 g/mol. The van der Waals surface area contributed by atoms with Crippen molar-refractivity contribution < 1.29 is 19.1 Å². The maximum atomic E-state index is 11.2. The quantitative estimate of drug-likeness (QED) is 0.571. The van der Waals surface area contributed by atoms with Gasteiger partial charge in [0.2, 0.25) is 5.91 Å². The molecule has 104 valence electrons. The summed E-state index contributed by atoms with van der Waals surface area (Å²) in [5, 5.41) is 0. The molecule has 1 aliphatic rings. The van der Waals surface area contributed by atoms with E-state index in [-0.39, 0.29) is 31.1 Å². The van der Waals surface area contributed by atoms with Crippen molar-refractivity contribution in [3.63, 3.8) is 0 Å². The Hall–Kier alpha value is -1.18. The molecule has 0 bridgehead atoms. The summed E-state index contributed by atoms with van der Waals surface area (Å²) in [6, 6.07) is 0. The number of hydrogen-bond donors (Lipinski definition) is 1. The van der Waals surface area contributed by atoms with Gasteiger partial charge in [0.25, 0.3) is 0 Å². The first kappa shape index (κ1) is 14.9. The molecule has 0 aliphatic carbocycles. The number of ether oxygens (including phenoxy) is 2. The number of carbonyl (C=O) groups is 2. The van der Waals surface area contributed by atoms with E-state index in [1.54, 1.807) is 0 Å². The first-order chi connectivity index (χ1) is 8.51. The van der Waals surface area contributed by atoms with Gasteiger partial charge in [0.15, 0.2) is 0 Å². The van der Waals surface area contributed by atoms with E-state index in [2.05, 4.69) is 4.74 Å². The monoisotopic (exact) mass is 259 g/mol. The summed E-state index contributed by atoms with van der Waals surface area (Å²) in [6.07, 6.45) is -0.0206. The second kappa shape index (κ2) is 7.30. The van der Waals surface area contributed by atoms with Crippen molar-refractivity contribution in [3.8, 4) is 0 Å². The predicted molar refractivity (Wildman–Crippen MR) is 64.9 cm³/mol. The standard InChI is InChI=1S/C11H21N3O4/c1-13(7-10(12)15)5-9-6-14(3-4-18-9)8-11(16)17-2/h9H,3-8H2,1-2H3,(H2,12,15). The first-order valence-corrected chi connectivity index (χ1v) is 5.89. The number of carbonyl (C=O) groups excluding carboxylic acids is 2. The number of primary amides is 1. The molecule has 1 heterocycles. The molecule has 7 heteroatoms. The molecule has 0 spiro atoms. The third-order valence-electron chi connectivity index (χ3n) is 2.74. The SMILES string of the molecule is COC(=O)CN1CCOC(CN(C)CC(N)=O)C1. The van der Waals surface area contributed by atoms with E-state index in [0.717, 1.165) is 0 Å². The number of likely N-dealkylation sites (N-methyl/N-ethyl adjacent to an activating group) is 1. The van der Waals surface area contributed by atoms with Gasteiger partial charge >= 0.3 is 5.97 Å². The fraction of sp³-hybridized carbons (Fsp3) is 0.818. The van der Waals surface area contributed by atoms with E-state index in [0.29, 0.717) is 26.2 Å². The number of methoxy groups -OCH3 is 1. The van der Waals surface area contributed by atoms with Crippen LogP contribution in [0.5, 0.6) is 0 Å². The van der Waals surface area contributed by atoms with E-state index >= 15 is 0 Å². The molecule has 1 unspecified atom stereocenters. The molecule has 0 aromatic heterocycles. The summed E-state index contributed by atoms with van der Waals surface area (Å²) in [7, 11) is 3.19. The zero-order valence-corrected chi connectivity index (χ0v) is 10.9. The molecular weight excluding hydrogens is 238 g/mol. The lowest BCUT2D eigenvalue weighted by Crippen LogP contribution is -2.49. The third kappa shape index (κ3) is 5.44. The van der Waals surface area contributed by atoms with Crippen LogP contribution in [-0.4, -0.2) is 81.3 Å². The Kier molecular flexibility index (Phi) is 6.03. The molecule has 0 aromatic rings. The largest absolute Gasteiger partial charge is 0.468 e. The van der Waals surface area contributed by atoms with Crippen LogP contribution >= 0.6 is 0 Å². The Morgan fingerprint density at radius 1 is 1.56 bits per heavy atom. The summed E-state index contributed by atoms with van der Waals surface area (Å²) in [5.74, 6) is -0.610. The fourth-order valence-corrected chi connectivity index (χ4v) is 1.96. The van der Waals surface area contributed by atoms with Crippen LogP contribution in [0.4, 0.5) is 0 Å². The van der Waals surface area contributed by atoms with Crippen molar-refractivity contribution in [2.45, 2.75) is 6.10 Å². The van der Waals surface area contributed by atoms with Gasteiger partial charge in [-0.15, -0.1) is 0 Å². The lowest BCUT2D eigenvalue weighted by Gasteiger charge is -2.33. The van der Waals surface area contributed by atoms with Crippen LogP contribution in [0.15, 0.2) is 0 Å². The van der Waals surface area contributed by atoms with Gasteiger partial charge in [-0.2, -0.15) is 0 Å². The molecule has 7 nitrogen and oxygen atoms in total. The van der Waals surface area contributed by atoms with Gasteiger partial charge in [-0.1, -0.05) is 0 Å². The molecule has 1 rings (SSSR count). The van der Waals surface area contributed by atoms with Crippen molar-refractivity contribution in [1.82, 2.24) is 9.80 Å². The van der Waals surface area contributed by atoms with E-state index in [1.165, 1.54) is 7.11 Å². The second-order valence-electron chi connectivity index (χ2n) is 4.47. The van der Waals surface area contributed by atoms with E-state index < -0.39 is 0 Å². The van der Waals surface area contributed by atoms with Gasteiger partial charge in [-0.05, 0) is 7.05 Å². The smallest absolute Gasteiger partial charge is 0.319 e. The zero-order chi connectivity index (χ0) is 13.5. The number of hydrogen-bond acceptors (Lipinski definition) is 6. The normalized spacial score (nSPS) is 20.9. The number of amides is 1. The van der Waals surface area contributed by atoms with Gasteiger partial charge in [-0.3, -0.25) is 19.4 Å². The zero-order valence-electron chi connectivity index (χ0n) is 10.9. The van der Waals surface area contributed by atoms with Crippen LogP contribution in [0.25, 0.3) is 0 Å². The maximum Gasteiger partial charge on any atom is 0.319 e. The van der Waals surface area contributed by atoms with E-state index in [1.807, 2.05) is 16.8 Å². The molecule has 0 aromatic carbocycles. The van der Waals surface area contributed by atoms with Crippen LogP contribution in [0.1, 0.15) is 0 Å².